The molecule has 25 heteroatoms. The van der Waals surface area contributed by atoms with E-state index >= 15 is 24.0 Å². The molecule has 11 amide bonds. The summed E-state index contributed by atoms with van der Waals surface area (Å²) in [4.78, 5) is 172. The van der Waals surface area contributed by atoms with Gasteiger partial charge in [-0.15, -0.1) is 0 Å². The Labute approximate surface area is 530 Å². The minimum absolute atomic E-state index is 0.0130. The Bertz CT molecular complexity index is 2460. The van der Waals surface area contributed by atoms with Gasteiger partial charge >= 0.3 is 0 Å². The van der Waals surface area contributed by atoms with Crippen LogP contribution in [0.2, 0.25) is 0 Å². The Morgan fingerprint density at radius 1 is 0.517 bits per heavy atom. The molecule has 2 fully saturated rings. The van der Waals surface area contributed by atoms with Crippen LogP contribution in [0.25, 0.3) is 0 Å². The van der Waals surface area contributed by atoms with E-state index in [2.05, 4.69) is 21.3 Å². The van der Waals surface area contributed by atoms with Gasteiger partial charge in [0.05, 0.1) is 18.8 Å². The molecule has 5 N–H and O–H groups in total. The summed E-state index contributed by atoms with van der Waals surface area (Å²) in [5, 5.41) is 21.2. The number of allylic oxidation sites excluding steroid dienone is 2. The average Bonchev–Trinajstić information content (AvgIpc) is 1.77. The number of rotatable bonds is 17. The number of likely N-dealkylation sites (N-methyl/N-ethyl adjacent to an activating group) is 7. The van der Waals surface area contributed by atoms with E-state index in [0.29, 0.717) is 6.42 Å². The van der Waals surface area contributed by atoms with Crippen molar-refractivity contribution < 1.29 is 67.3 Å². The molecule has 2 heterocycles. The van der Waals surface area contributed by atoms with E-state index < -0.39 is 161 Å². The van der Waals surface area contributed by atoms with Crippen LogP contribution < -0.4 is 21.3 Å². The van der Waals surface area contributed by atoms with Gasteiger partial charge in [-0.1, -0.05) is 88.3 Å². The summed E-state index contributed by atoms with van der Waals surface area (Å²) in [6.45, 7) is 25.8. The maximum absolute atomic E-state index is 15.2. The predicted molar refractivity (Wildman–Crippen MR) is 339 cm³/mol. The number of carbonyl (C=O) groups is 11. The molecule has 25 nitrogen and oxygen atoms in total. The fourth-order valence-corrected chi connectivity index (χ4v) is 12.0. The number of nitrogens with zero attached hydrogens (tertiary/aromatic N) is 7. The van der Waals surface area contributed by atoms with Crippen LogP contribution >= 0.6 is 0 Å². The van der Waals surface area contributed by atoms with Crippen LogP contribution in [-0.4, -0.2) is 253 Å². The number of hydrogen-bond acceptors (Lipinski definition) is 14. The van der Waals surface area contributed by atoms with Crippen LogP contribution in [0, 0.1) is 35.5 Å². The summed E-state index contributed by atoms with van der Waals surface area (Å²) in [5.74, 6) is -9.70. The van der Waals surface area contributed by atoms with Gasteiger partial charge in [0.2, 0.25) is 65.0 Å². The molecule has 89 heavy (non-hydrogen) atoms. The van der Waals surface area contributed by atoms with Crippen molar-refractivity contribution in [2.24, 2.45) is 35.5 Å². The monoisotopic (exact) mass is 1260 g/mol. The second-order valence-electron chi connectivity index (χ2n) is 26.5. The molecule has 0 aromatic heterocycles. The van der Waals surface area contributed by atoms with Gasteiger partial charge in [-0.05, 0) is 102 Å². The van der Waals surface area contributed by atoms with E-state index in [1.807, 2.05) is 67.5 Å². The van der Waals surface area contributed by atoms with E-state index in [9.17, 15) is 33.9 Å². The molecule has 0 aliphatic carbocycles. The zero-order chi connectivity index (χ0) is 68.4. The van der Waals surface area contributed by atoms with E-state index in [-0.39, 0.29) is 69.5 Å². The summed E-state index contributed by atoms with van der Waals surface area (Å²) in [7, 11) is 11.4. The smallest absolute Gasteiger partial charge is 0.248 e. The maximum Gasteiger partial charge on any atom is 0.248 e. The van der Waals surface area contributed by atoms with Crippen molar-refractivity contribution in [3.63, 3.8) is 0 Å². The quantitative estimate of drug-likeness (QED) is 0.131. The van der Waals surface area contributed by atoms with Crippen molar-refractivity contribution in [3.05, 3.63) is 12.2 Å². The third-order valence-electron chi connectivity index (χ3n) is 17.4. The highest BCUT2D eigenvalue weighted by atomic mass is 16.5. The lowest BCUT2D eigenvalue weighted by atomic mass is 9.92. The van der Waals surface area contributed by atoms with Crippen molar-refractivity contribution >= 4 is 65.0 Å². The summed E-state index contributed by atoms with van der Waals surface area (Å²) >= 11 is 0. The topological polar surface area (TPSA) is 297 Å². The minimum atomic E-state index is -1.38. The van der Waals surface area contributed by atoms with Crippen LogP contribution in [-0.2, 0) is 62.2 Å². The first-order valence-electron chi connectivity index (χ1n) is 31.8. The molecule has 2 saturated heterocycles. The molecule has 2 aliphatic heterocycles. The first kappa shape index (κ1) is 78.9. The van der Waals surface area contributed by atoms with Gasteiger partial charge in [0.1, 0.15) is 66.5 Å². The van der Waals surface area contributed by atoms with Gasteiger partial charge < -0.3 is 70.1 Å². The predicted octanol–water partition coefficient (Wildman–Crippen LogP) is 2.42. The van der Waals surface area contributed by atoms with Crippen LogP contribution in [0.4, 0.5) is 0 Å². The van der Waals surface area contributed by atoms with Crippen molar-refractivity contribution in [1.82, 2.24) is 55.6 Å². The van der Waals surface area contributed by atoms with Gasteiger partial charge in [-0.3, -0.25) is 52.7 Å². The normalized spacial score (nSPS) is 29.2. The number of nitrogens with one attached hydrogen (secondary N) is 4. The largest absolute Gasteiger partial charge is 0.396 e. The Kier molecular flexibility index (Phi) is 31.9. The number of amides is 11. The lowest BCUT2D eigenvalue weighted by Crippen LogP contribution is -2.63. The molecule has 15 unspecified atom stereocenters. The zero-order valence-corrected chi connectivity index (χ0v) is 57.9. The maximum atomic E-state index is 15.2. The van der Waals surface area contributed by atoms with Crippen LogP contribution in [0.15, 0.2) is 12.2 Å². The number of methoxy groups -OCH3 is 1. The van der Waals surface area contributed by atoms with Crippen molar-refractivity contribution in [3.8, 4) is 0 Å². The number of aliphatic hydroxyl groups excluding tert-OH is 1. The molecule has 15 atom stereocenters. The molecule has 0 radical (unpaired) electrons. The van der Waals surface area contributed by atoms with E-state index in [0.717, 1.165) is 0 Å². The van der Waals surface area contributed by atoms with E-state index in [1.165, 1.54) is 105 Å². The third-order valence-corrected chi connectivity index (χ3v) is 17.4. The van der Waals surface area contributed by atoms with Gasteiger partial charge in [0.25, 0.3) is 0 Å². The Morgan fingerprint density at radius 2 is 0.989 bits per heavy atom. The number of ether oxygens (including phenoxy) is 2. The minimum Gasteiger partial charge on any atom is -0.396 e. The standard InChI is InChI=1S/C64H113N11O14/c1-24-26-28-39(11)53-52-57(80)67-44(25-2)59(82)69(16)45(29-27-30-76)60(83)73(20)50(40(12)34-88-23)56(79)68-49(38(9)10)63(86)70(17)46(31-35(3)4)55(78)65-41(13)54(77)66-42(14)58(81)71(18)47(32-36(5)6)61(84)72(19)48(33-37(7)8)62(85)74(21)51(43(15)89-53)64(87)75(52)22/h24,26,35-53,76H,25,27-34H2,1-23H3,(H,65,78)(H,66,77)(H,67,80)(H,68,79). The summed E-state index contributed by atoms with van der Waals surface area (Å²) in [6, 6.07) is -13.9. The molecular weight excluding hydrogens is 1150 g/mol. The average molecular weight is 1260 g/mol. The Balaban J connectivity index is 3.08. The molecule has 0 spiro atoms. The van der Waals surface area contributed by atoms with E-state index in [1.54, 1.807) is 34.6 Å². The molecule has 0 saturated carbocycles. The van der Waals surface area contributed by atoms with Gasteiger partial charge in [-0.2, -0.15) is 0 Å². The highest BCUT2D eigenvalue weighted by Crippen LogP contribution is 2.30. The molecule has 2 bridgehead atoms. The highest BCUT2D eigenvalue weighted by molar-refractivity contribution is 6.00. The molecule has 2 rings (SSSR count). The second-order valence-corrected chi connectivity index (χ2v) is 26.5. The number of carbonyl (C=O) groups excluding carboxylic acids is 11. The van der Waals surface area contributed by atoms with Gasteiger partial charge in [-0.25, -0.2) is 0 Å². The third kappa shape index (κ3) is 20.7. The van der Waals surface area contributed by atoms with Crippen LogP contribution in [0.3, 0.4) is 0 Å². The molecule has 508 valence electrons. The fourth-order valence-electron chi connectivity index (χ4n) is 12.0. The summed E-state index contributed by atoms with van der Waals surface area (Å²) < 4.78 is 12.3. The lowest BCUT2D eigenvalue weighted by molar-refractivity contribution is -0.155. The Hall–Kier alpha value is -6.21. The summed E-state index contributed by atoms with van der Waals surface area (Å²) in [5.41, 5.74) is 0. The molecule has 0 aromatic carbocycles. The first-order valence-corrected chi connectivity index (χ1v) is 31.8. The zero-order valence-electron chi connectivity index (χ0n) is 57.9. The van der Waals surface area contributed by atoms with Crippen molar-refractivity contribution in [2.45, 2.75) is 227 Å². The van der Waals surface area contributed by atoms with E-state index in [4.69, 9.17) is 9.47 Å². The van der Waals surface area contributed by atoms with Gasteiger partial charge in [0, 0.05) is 69.0 Å². The van der Waals surface area contributed by atoms with Gasteiger partial charge in [0.15, 0.2) is 0 Å². The lowest BCUT2D eigenvalue weighted by Gasteiger charge is -2.39. The Morgan fingerprint density at radius 3 is 1.48 bits per heavy atom. The second kappa shape index (κ2) is 36.0. The molecule has 2 aliphatic rings. The van der Waals surface area contributed by atoms with Crippen molar-refractivity contribution in [1.29, 1.82) is 0 Å². The molecular formula is C64H113N11O14. The van der Waals surface area contributed by atoms with Crippen LogP contribution in [0.5, 0.6) is 0 Å². The molecule has 0 aromatic rings. The number of hydrogen-bond donors (Lipinski definition) is 5. The number of aliphatic hydroxyl groups is 1. The highest BCUT2D eigenvalue weighted by Gasteiger charge is 2.51. The fraction of sp³-hybridized carbons (Fsp3) is 0.797. The number of fused-ring (bicyclic) bond motifs is 3. The SMILES string of the molecule is CC=CCC(C)C1OC(C)C2C(=O)N(C)C1C(=O)NC(CC)C(=O)N(C)C(CCCO)C(=O)N(C)C(C(C)COC)C(=O)NC(C(C)C)C(=O)N(C)C(CC(C)C)C(=O)NC(C)C(=O)NC(C)C(=O)N(C)C(CC(C)C)C(=O)N(C)C(CC(C)C)C(=O)N2C. The first-order chi connectivity index (χ1) is 41.4. The summed E-state index contributed by atoms with van der Waals surface area (Å²) in [6.07, 6.45) is 2.52. The van der Waals surface area contributed by atoms with Crippen molar-refractivity contribution in [2.75, 3.05) is 69.7 Å². The van der Waals surface area contributed by atoms with Crippen LogP contribution in [0.1, 0.15) is 149 Å².